The van der Waals surface area contributed by atoms with E-state index in [-0.39, 0.29) is 6.10 Å². The van der Waals surface area contributed by atoms with Crippen molar-refractivity contribution in [3.8, 4) is 0 Å². The van der Waals surface area contributed by atoms with Crippen LogP contribution >= 0.6 is 0 Å². The molecule has 3 heterocycles. The number of aryl methyl sites for hydroxylation is 2. The number of rotatable bonds is 6. The van der Waals surface area contributed by atoms with Crippen molar-refractivity contribution in [1.82, 2.24) is 24.2 Å². The second-order valence-corrected chi connectivity index (χ2v) is 6.77. The molecule has 6 nitrogen and oxygen atoms in total. The molecular formula is C17H27N5O. The highest BCUT2D eigenvalue weighted by atomic mass is 16.5. The van der Waals surface area contributed by atoms with Crippen molar-refractivity contribution in [1.29, 1.82) is 0 Å². The molecule has 23 heavy (non-hydrogen) atoms. The summed E-state index contributed by atoms with van der Waals surface area (Å²) in [5, 5.41) is 8.16. The highest BCUT2D eigenvalue weighted by molar-refractivity contribution is 5.07. The van der Waals surface area contributed by atoms with Gasteiger partial charge in [-0.2, -0.15) is 0 Å². The van der Waals surface area contributed by atoms with E-state index in [4.69, 9.17) is 4.74 Å². The third-order valence-electron chi connectivity index (χ3n) is 4.44. The number of nitrogens with zero attached hydrogens (tertiary/aromatic N) is 5. The number of morpholine rings is 1. The Balaban J connectivity index is 1.62. The van der Waals surface area contributed by atoms with E-state index in [1.807, 2.05) is 11.6 Å². The van der Waals surface area contributed by atoms with Crippen molar-refractivity contribution < 1.29 is 4.74 Å². The van der Waals surface area contributed by atoms with E-state index in [0.717, 1.165) is 44.5 Å². The Bertz CT molecular complexity index is 618. The molecule has 0 N–H and O–H groups in total. The Hall–Kier alpha value is -1.66. The monoisotopic (exact) mass is 317 g/mol. The Morgan fingerprint density at radius 3 is 3.00 bits per heavy atom. The van der Waals surface area contributed by atoms with Gasteiger partial charge < -0.3 is 13.9 Å². The van der Waals surface area contributed by atoms with Gasteiger partial charge in [-0.15, -0.1) is 10.2 Å². The molecular weight excluding hydrogens is 290 g/mol. The molecule has 6 heteroatoms. The molecule has 3 rings (SSSR count). The smallest absolute Gasteiger partial charge is 0.163 e. The first-order valence-electron chi connectivity index (χ1n) is 8.45. The quantitative estimate of drug-likeness (QED) is 0.820. The van der Waals surface area contributed by atoms with E-state index < -0.39 is 0 Å². The van der Waals surface area contributed by atoms with Crippen LogP contribution in [0.1, 0.15) is 37.9 Å². The lowest BCUT2D eigenvalue weighted by Gasteiger charge is -2.32. The second-order valence-electron chi connectivity index (χ2n) is 6.77. The normalized spacial score (nSPS) is 19.6. The van der Waals surface area contributed by atoms with Crippen LogP contribution in [0.25, 0.3) is 0 Å². The first-order chi connectivity index (χ1) is 11.1. The third-order valence-corrected chi connectivity index (χ3v) is 4.44. The predicted molar refractivity (Wildman–Crippen MR) is 88.9 cm³/mol. The minimum absolute atomic E-state index is 0.00956. The summed E-state index contributed by atoms with van der Waals surface area (Å²) in [6.45, 7) is 9.17. The van der Waals surface area contributed by atoms with Crippen molar-refractivity contribution >= 4 is 0 Å². The number of ether oxygens (including phenoxy) is 1. The van der Waals surface area contributed by atoms with Gasteiger partial charge in [-0.25, -0.2) is 0 Å². The summed E-state index contributed by atoms with van der Waals surface area (Å²) >= 11 is 0. The molecule has 126 valence electrons. The Kier molecular flexibility index (Phi) is 5.13. The summed E-state index contributed by atoms with van der Waals surface area (Å²) in [4.78, 5) is 2.45. The molecule has 0 radical (unpaired) electrons. The molecule has 0 aliphatic carbocycles. The molecule has 2 aromatic heterocycles. The van der Waals surface area contributed by atoms with E-state index in [2.05, 4.69) is 51.8 Å². The standard InChI is InChI=1S/C17H27N5O/c1-14(2)6-8-22-7-4-5-15(22)11-21-9-10-23-16(12-21)17-19-18-13-20(17)3/h4-5,7,13-14,16H,6,8-12H2,1-3H3. The first kappa shape index (κ1) is 16.2. The molecule has 0 saturated carbocycles. The van der Waals surface area contributed by atoms with Crippen LogP contribution in [0.3, 0.4) is 0 Å². The highest BCUT2D eigenvalue weighted by Gasteiger charge is 2.25. The lowest BCUT2D eigenvalue weighted by atomic mass is 10.1. The summed E-state index contributed by atoms with van der Waals surface area (Å²) in [7, 11) is 1.97. The summed E-state index contributed by atoms with van der Waals surface area (Å²) in [5.74, 6) is 1.64. The van der Waals surface area contributed by atoms with Crippen molar-refractivity contribution in [2.24, 2.45) is 13.0 Å². The van der Waals surface area contributed by atoms with Gasteiger partial charge >= 0.3 is 0 Å². The van der Waals surface area contributed by atoms with Gasteiger partial charge in [-0.3, -0.25) is 4.90 Å². The molecule has 0 amide bonds. The Morgan fingerprint density at radius 2 is 2.26 bits per heavy atom. The fraction of sp³-hybridized carbons (Fsp3) is 0.647. The van der Waals surface area contributed by atoms with Gasteiger partial charge in [0.05, 0.1) is 6.61 Å². The maximum absolute atomic E-state index is 5.89. The summed E-state index contributed by atoms with van der Waals surface area (Å²) in [6, 6.07) is 4.38. The molecule has 1 saturated heterocycles. The van der Waals surface area contributed by atoms with Crippen LogP contribution < -0.4 is 0 Å². The van der Waals surface area contributed by atoms with E-state index in [1.54, 1.807) is 6.33 Å². The van der Waals surface area contributed by atoms with Crippen LogP contribution in [0.15, 0.2) is 24.7 Å². The van der Waals surface area contributed by atoms with Crippen LogP contribution in [0.4, 0.5) is 0 Å². The zero-order valence-electron chi connectivity index (χ0n) is 14.4. The molecule has 2 aromatic rings. The van der Waals surface area contributed by atoms with Crippen LogP contribution in [-0.4, -0.2) is 43.9 Å². The van der Waals surface area contributed by atoms with E-state index in [9.17, 15) is 0 Å². The van der Waals surface area contributed by atoms with Gasteiger partial charge in [0, 0.05) is 45.1 Å². The first-order valence-corrected chi connectivity index (χ1v) is 8.45. The van der Waals surface area contributed by atoms with Gasteiger partial charge in [0.2, 0.25) is 0 Å². The SMILES string of the molecule is CC(C)CCn1cccc1CN1CCOC(c2nncn2C)C1. The molecule has 1 aliphatic rings. The minimum atomic E-state index is 0.00956. The highest BCUT2D eigenvalue weighted by Crippen LogP contribution is 2.21. The maximum Gasteiger partial charge on any atom is 0.163 e. The molecule has 0 bridgehead atoms. The average Bonchev–Trinajstić information content (AvgIpc) is 3.14. The van der Waals surface area contributed by atoms with E-state index in [0.29, 0.717) is 0 Å². The molecule has 0 aromatic carbocycles. The van der Waals surface area contributed by atoms with Crippen molar-refractivity contribution in [2.45, 2.75) is 39.5 Å². The molecule has 1 fully saturated rings. The van der Waals surface area contributed by atoms with Crippen molar-refractivity contribution in [2.75, 3.05) is 19.7 Å². The molecule has 1 unspecified atom stereocenters. The molecule has 0 spiro atoms. The zero-order chi connectivity index (χ0) is 16.2. The lowest BCUT2D eigenvalue weighted by Crippen LogP contribution is -2.39. The topological polar surface area (TPSA) is 48.1 Å². The number of aromatic nitrogens is 4. The Morgan fingerprint density at radius 1 is 1.39 bits per heavy atom. The van der Waals surface area contributed by atoms with Crippen molar-refractivity contribution in [3.05, 3.63) is 36.2 Å². The Labute approximate surface area is 138 Å². The fourth-order valence-corrected chi connectivity index (χ4v) is 3.02. The number of hydrogen-bond donors (Lipinski definition) is 0. The van der Waals surface area contributed by atoms with Crippen molar-refractivity contribution in [3.63, 3.8) is 0 Å². The van der Waals surface area contributed by atoms with Crippen LogP contribution in [0.2, 0.25) is 0 Å². The van der Waals surface area contributed by atoms with Gasteiger partial charge in [-0.1, -0.05) is 13.8 Å². The van der Waals surface area contributed by atoms with Gasteiger partial charge in [0.1, 0.15) is 12.4 Å². The molecule has 1 atom stereocenters. The number of hydrogen-bond acceptors (Lipinski definition) is 4. The lowest BCUT2D eigenvalue weighted by molar-refractivity contribution is -0.0391. The largest absolute Gasteiger partial charge is 0.368 e. The third kappa shape index (κ3) is 4.00. The van der Waals surface area contributed by atoms with Gasteiger partial charge in [-0.05, 0) is 24.5 Å². The molecule has 1 aliphatic heterocycles. The average molecular weight is 317 g/mol. The maximum atomic E-state index is 5.89. The van der Waals surface area contributed by atoms with E-state index >= 15 is 0 Å². The van der Waals surface area contributed by atoms with Crippen LogP contribution in [0.5, 0.6) is 0 Å². The summed E-state index contributed by atoms with van der Waals surface area (Å²) < 4.78 is 10.2. The van der Waals surface area contributed by atoms with Gasteiger partial charge in [0.25, 0.3) is 0 Å². The zero-order valence-corrected chi connectivity index (χ0v) is 14.4. The summed E-state index contributed by atoms with van der Waals surface area (Å²) in [6.07, 6.45) is 5.15. The minimum Gasteiger partial charge on any atom is -0.368 e. The predicted octanol–water partition coefficient (Wildman–Crippen LogP) is 2.24. The van der Waals surface area contributed by atoms with Crippen LogP contribution in [-0.2, 0) is 24.9 Å². The van der Waals surface area contributed by atoms with Gasteiger partial charge in [0.15, 0.2) is 5.82 Å². The van der Waals surface area contributed by atoms with E-state index in [1.165, 1.54) is 12.1 Å². The van der Waals surface area contributed by atoms with Crippen LogP contribution in [0, 0.1) is 5.92 Å². The fourth-order valence-electron chi connectivity index (χ4n) is 3.02. The summed E-state index contributed by atoms with van der Waals surface area (Å²) in [5.41, 5.74) is 1.38. The second kappa shape index (κ2) is 7.27.